The van der Waals surface area contributed by atoms with Gasteiger partial charge in [-0.25, -0.2) is 4.98 Å². The molecule has 1 saturated carbocycles. The van der Waals surface area contributed by atoms with Crippen LogP contribution >= 0.6 is 11.3 Å². The van der Waals surface area contributed by atoms with Crippen molar-refractivity contribution >= 4 is 23.2 Å². The molecule has 18 heavy (non-hydrogen) atoms. The molecule has 5 nitrogen and oxygen atoms in total. The number of carboxylic acids is 1. The number of carboxylic acid groups (broad SMARTS) is 1. The number of aromatic nitrogens is 1. The molecule has 0 atom stereocenters. The lowest BCUT2D eigenvalue weighted by atomic mass is 9.81. The third-order valence-electron chi connectivity index (χ3n) is 3.34. The van der Waals surface area contributed by atoms with Crippen molar-refractivity contribution in [2.45, 2.75) is 32.2 Å². The van der Waals surface area contributed by atoms with Crippen molar-refractivity contribution in [1.82, 2.24) is 10.3 Å². The van der Waals surface area contributed by atoms with Crippen LogP contribution in [0.15, 0.2) is 11.6 Å². The Hall–Kier alpha value is -1.43. The van der Waals surface area contributed by atoms with Gasteiger partial charge in [0.05, 0.1) is 12.5 Å². The van der Waals surface area contributed by atoms with Gasteiger partial charge in [0.2, 0.25) is 5.91 Å². The molecule has 0 spiro atoms. The highest BCUT2D eigenvalue weighted by Crippen LogP contribution is 2.29. The van der Waals surface area contributed by atoms with E-state index in [9.17, 15) is 9.59 Å². The van der Waals surface area contributed by atoms with Crippen molar-refractivity contribution in [3.63, 3.8) is 0 Å². The van der Waals surface area contributed by atoms with Crippen LogP contribution in [0.5, 0.6) is 0 Å². The molecule has 0 bridgehead atoms. The Labute approximate surface area is 109 Å². The van der Waals surface area contributed by atoms with Gasteiger partial charge in [-0.3, -0.25) is 9.59 Å². The molecule has 98 valence electrons. The molecule has 1 amide bonds. The summed E-state index contributed by atoms with van der Waals surface area (Å²) in [6.45, 7) is 0.468. The number of hydrogen-bond donors (Lipinski definition) is 2. The zero-order valence-corrected chi connectivity index (χ0v) is 10.8. The number of carbonyl (C=O) groups excluding carboxylic acids is 1. The van der Waals surface area contributed by atoms with Crippen LogP contribution in [0.2, 0.25) is 0 Å². The maximum absolute atomic E-state index is 11.9. The van der Waals surface area contributed by atoms with Crippen molar-refractivity contribution in [3.05, 3.63) is 16.6 Å². The lowest BCUT2D eigenvalue weighted by Gasteiger charge is -2.25. The molecule has 1 aromatic heterocycles. The number of hydrogen-bond acceptors (Lipinski definition) is 4. The van der Waals surface area contributed by atoms with Gasteiger partial charge in [-0.2, -0.15) is 0 Å². The normalized spacial score (nSPS) is 23.6. The van der Waals surface area contributed by atoms with E-state index in [0.717, 1.165) is 5.01 Å². The summed E-state index contributed by atoms with van der Waals surface area (Å²) < 4.78 is 0. The van der Waals surface area contributed by atoms with Gasteiger partial charge in [0.15, 0.2) is 0 Å². The van der Waals surface area contributed by atoms with Crippen molar-refractivity contribution < 1.29 is 14.7 Å². The van der Waals surface area contributed by atoms with Gasteiger partial charge >= 0.3 is 5.97 Å². The molecule has 6 heteroatoms. The fraction of sp³-hybridized carbons (Fsp3) is 0.583. The third-order valence-corrected chi connectivity index (χ3v) is 4.12. The summed E-state index contributed by atoms with van der Waals surface area (Å²) >= 11 is 1.51. The highest BCUT2D eigenvalue weighted by molar-refractivity contribution is 7.09. The quantitative estimate of drug-likeness (QED) is 0.870. The lowest BCUT2D eigenvalue weighted by molar-refractivity contribution is -0.144. The van der Waals surface area contributed by atoms with E-state index in [4.69, 9.17) is 5.11 Å². The molecule has 1 aliphatic carbocycles. The van der Waals surface area contributed by atoms with Crippen LogP contribution in [0.4, 0.5) is 0 Å². The fourth-order valence-electron chi connectivity index (χ4n) is 2.25. The minimum atomic E-state index is -0.739. The molecule has 2 N–H and O–H groups in total. The molecular formula is C12H16N2O3S. The SMILES string of the molecule is O=C(O)C1CCC(C(=O)NCc2nccs2)CC1. The van der Waals surface area contributed by atoms with Crippen LogP contribution in [0.1, 0.15) is 30.7 Å². The highest BCUT2D eigenvalue weighted by Gasteiger charge is 2.29. The first-order valence-electron chi connectivity index (χ1n) is 6.05. The second kappa shape index (κ2) is 5.95. The topological polar surface area (TPSA) is 79.3 Å². The van der Waals surface area contributed by atoms with Crippen molar-refractivity contribution in [3.8, 4) is 0 Å². The Kier molecular flexibility index (Phi) is 4.30. The lowest BCUT2D eigenvalue weighted by Crippen LogP contribution is -2.34. The average Bonchev–Trinajstić information content (AvgIpc) is 2.89. The van der Waals surface area contributed by atoms with E-state index in [-0.39, 0.29) is 17.7 Å². The molecule has 0 saturated heterocycles. The minimum absolute atomic E-state index is 0.0223. The number of rotatable bonds is 4. The summed E-state index contributed by atoms with van der Waals surface area (Å²) in [6.07, 6.45) is 4.25. The number of nitrogens with zero attached hydrogens (tertiary/aromatic N) is 1. The van der Waals surface area contributed by atoms with Crippen LogP contribution in [0.25, 0.3) is 0 Å². The second-order valence-electron chi connectivity index (χ2n) is 4.53. The fourth-order valence-corrected chi connectivity index (χ4v) is 2.81. The largest absolute Gasteiger partial charge is 0.481 e. The molecular weight excluding hydrogens is 252 g/mol. The van der Waals surface area contributed by atoms with E-state index in [1.807, 2.05) is 5.38 Å². The van der Waals surface area contributed by atoms with E-state index in [1.54, 1.807) is 6.20 Å². The molecule has 0 radical (unpaired) electrons. The number of aliphatic carboxylic acids is 1. The van der Waals surface area contributed by atoms with Gasteiger partial charge in [-0.05, 0) is 25.7 Å². The predicted octanol–water partition coefficient (Wildman–Crippen LogP) is 1.65. The van der Waals surface area contributed by atoms with Gasteiger partial charge in [0.1, 0.15) is 5.01 Å². The van der Waals surface area contributed by atoms with E-state index in [2.05, 4.69) is 10.3 Å². The monoisotopic (exact) mass is 268 g/mol. The first-order valence-corrected chi connectivity index (χ1v) is 6.93. The minimum Gasteiger partial charge on any atom is -0.481 e. The summed E-state index contributed by atoms with van der Waals surface area (Å²) in [4.78, 5) is 26.8. The Morgan fingerprint density at radius 1 is 1.33 bits per heavy atom. The predicted molar refractivity (Wildman–Crippen MR) is 67.0 cm³/mol. The van der Waals surface area contributed by atoms with E-state index >= 15 is 0 Å². The molecule has 0 aromatic carbocycles. The van der Waals surface area contributed by atoms with Gasteiger partial charge in [0.25, 0.3) is 0 Å². The third kappa shape index (κ3) is 3.29. The van der Waals surface area contributed by atoms with Crippen molar-refractivity contribution in [2.75, 3.05) is 0 Å². The summed E-state index contributed by atoms with van der Waals surface area (Å²) in [7, 11) is 0. The second-order valence-corrected chi connectivity index (χ2v) is 5.51. The molecule has 1 heterocycles. The number of amides is 1. The summed E-state index contributed by atoms with van der Waals surface area (Å²) in [6, 6.07) is 0. The Morgan fingerprint density at radius 3 is 2.56 bits per heavy atom. The Bertz CT molecular complexity index is 411. The maximum atomic E-state index is 11.9. The zero-order chi connectivity index (χ0) is 13.0. The van der Waals surface area contributed by atoms with Gasteiger partial charge in [0, 0.05) is 17.5 Å². The summed E-state index contributed by atoms with van der Waals surface area (Å²) in [5, 5.41) is 14.5. The number of thiazole rings is 1. The van der Waals surface area contributed by atoms with Crippen LogP contribution in [0.3, 0.4) is 0 Å². The van der Waals surface area contributed by atoms with Gasteiger partial charge < -0.3 is 10.4 Å². The number of carbonyl (C=O) groups is 2. The molecule has 0 aliphatic heterocycles. The van der Waals surface area contributed by atoms with E-state index in [1.165, 1.54) is 11.3 Å². The molecule has 1 fully saturated rings. The maximum Gasteiger partial charge on any atom is 0.306 e. The summed E-state index contributed by atoms with van der Waals surface area (Å²) in [5.74, 6) is -1.03. The Balaban J connectivity index is 1.75. The van der Waals surface area contributed by atoms with E-state index in [0.29, 0.717) is 32.2 Å². The standard InChI is InChI=1S/C12H16N2O3S/c15-11(14-7-10-13-5-6-18-10)8-1-3-9(4-2-8)12(16)17/h5-6,8-9H,1-4,7H2,(H,14,15)(H,16,17). The van der Waals surface area contributed by atoms with Crippen LogP contribution < -0.4 is 5.32 Å². The average molecular weight is 268 g/mol. The highest BCUT2D eigenvalue weighted by atomic mass is 32.1. The van der Waals surface area contributed by atoms with Gasteiger partial charge in [-0.15, -0.1) is 11.3 Å². The molecule has 1 aromatic rings. The van der Waals surface area contributed by atoms with Crippen LogP contribution in [0, 0.1) is 11.8 Å². The zero-order valence-electron chi connectivity index (χ0n) is 9.96. The Morgan fingerprint density at radius 2 is 2.00 bits per heavy atom. The summed E-state index contributed by atoms with van der Waals surface area (Å²) in [5.41, 5.74) is 0. The van der Waals surface area contributed by atoms with Gasteiger partial charge in [-0.1, -0.05) is 0 Å². The van der Waals surface area contributed by atoms with Crippen LogP contribution in [-0.2, 0) is 16.1 Å². The first kappa shape index (κ1) is 13.0. The number of nitrogens with one attached hydrogen (secondary N) is 1. The van der Waals surface area contributed by atoms with Crippen LogP contribution in [-0.4, -0.2) is 22.0 Å². The van der Waals surface area contributed by atoms with Crippen molar-refractivity contribution in [2.24, 2.45) is 11.8 Å². The van der Waals surface area contributed by atoms with E-state index < -0.39 is 5.97 Å². The molecule has 1 aliphatic rings. The molecule has 2 rings (SSSR count). The van der Waals surface area contributed by atoms with Crippen molar-refractivity contribution in [1.29, 1.82) is 0 Å². The molecule has 0 unspecified atom stereocenters. The smallest absolute Gasteiger partial charge is 0.306 e. The first-order chi connectivity index (χ1) is 8.66.